The van der Waals surface area contributed by atoms with E-state index >= 15 is 0 Å². The number of hydrogen-bond acceptors (Lipinski definition) is 4. The largest absolute Gasteiger partial charge is 0.274 e. The summed E-state index contributed by atoms with van der Waals surface area (Å²) in [6.45, 7) is 5.72. The molecule has 3 aliphatic heterocycles. The monoisotopic (exact) mass is 361 g/mol. The molecule has 27 heavy (non-hydrogen) atoms. The van der Waals surface area contributed by atoms with Gasteiger partial charge in [-0.2, -0.15) is 0 Å². The second-order valence-electron chi connectivity index (χ2n) is 7.81. The molecule has 0 bridgehead atoms. The van der Waals surface area contributed by atoms with Crippen LogP contribution in [0, 0.1) is 19.8 Å². The molecule has 2 aromatic rings. The number of amides is 2. The van der Waals surface area contributed by atoms with Gasteiger partial charge in [0.15, 0.2) is 0 Å². The Morgan fingerprint density at radius 3 is 2.26 bits per heavy atom. The van der Waals surface area contributed by atoms with Gasteiger partial charge in [-0.05, 0) is 37.5 Å². The number of hydrogen-bond donors (Lipinski definition) is 0. The first-order valence-corrected chi connectivity index (χ1v) is 9.61. The van der Waals surface area contributed by atoms with Crippen molar-refractivity contribution < 1.29 is 9.59 Å². The summed E-state index contributed by atoms with van der Waals surface area (Å²) in [4.78, 5) is 28.3. The number of hydrazine groups is 1. The second-order valence-corrected chi connectivity index (χ2v) is 7.81. The zero-order chi connectivity index (χ0) is 18.7. The van der Waals surface area contributed by atoms with Crippen molar-refractivity contribution in [3.63, 3.8) is 0 Å². The van der Waals surface area contributed by atoms with Crippen LogP contribution in [0.25, 0.3) is 0 Å². The molecule has 2 amide bonds. The van der Waals surface area contributed by atoms with Crippen LogP contribution in [0.15, 0.2) is 48.5 Å². The molecular weight excluding hydrogens is 338 g/mol. The highest BCUT2D eigenvalue weighted by Crippen LogP contribution is 2.49. The van der Waals surface area contributed by atoms with Crippen molar-refractivity contribution >= 4 is 17.5 Å². The van der Waals surface area contributed by atoms with Crippen molar-refractivity contribution in [3.8, 4) is 0 Å². The quantitative estimate of drug-likeness (QED) is 0.772. The van der Waals surface area contributed by atoms with Crippen LogP contribution in [-0.2, 0) is 9.59 Å². The van der Waals surface area contributed by atoms with E-state index in [9.17, 15) is 9.59 Å². The van der Waals surface area contributed by atoms with E-state index in [0.29, 0.717) is 0 Å². The normalized spacial score (nSPS) is 28.1. The van der Waals surface area contributed by atoms with Gasteiger partial charge in [-0.1, -0.05) is 48.0 Å². The lowest BCUT2D eigenvalue weighted by Crippen LogP contribution is -2.44. The number of rotatable bonds is 2. The lowest BCUT2D eigenvalue weighted by Gasteiger charge is -2.30. The van der Waals surface area contributed by atoms with Crippen molar-refractivity contribution in [2.24, 2.45) is 5.92 Å². The van der Waals surface area contributed by atoms with Gasteiger partial charge in [-0.3, -0.25) is 9.59 Å². The van der Waals surface area contributed by atoms with Gasteiger partial charge in [0.25, 0.3) is 5.91 Å². The topological polar surface area (TPSA) is 43.9 Å². The first-order chi connectivity index (χ1) is 13.1. The van der Waals surface area contributed by atoms with E-state index in [1.165, 1.54) is 4.90 Å². The molecule has 0 aromatic heterocycles. The summed E-state index contributed by atoms with van der Waals surface area (Å²) in [5, 5.41) is 4.39. The molecule has 0 saturated carbocycles. The first kappa shape index (κ1) is 16.7. The molecule has 3 saturated heterocycles. The van der Waals surface area contributed by atoms with E-state index < -0.39 is 0 Å². The summed E-state index contributed by atoms with van der Waals surface area (Å²) in [6, 6.07) is 15.6. The maximum Gasteiger partial charge on any atom is 0.253 e. The SMILES string of the molecule is Cc1ccc(N2C(=O)[C@H]3[C@@H](C2=O)N2CCCN2[C@@H]3c2ccccc2)c(C)c1. The molecule has 0 aliphatic carbocycles. The van der Waals surface area contributed by atoms with Crippen LogP contribution < -0.4 is 4.90 Å². The van der Waals surface area contributed by atoms with Gasteiger partial charge < -0.3 is 0 Å². The average Bonchev–Trinajstić information content (AvgIpc) is 3.29. The van der Waals surface area contributed by atoms with Gasteiger partial charge >= 0.3 is 0 Å². The third-order valence-corrected chi connectivity index (χ3v) is 6.14. The third kappa shape index (κ3) is 2.32. The van der Waals surface area contributed by atoms with E-state index in [1.807, 2.05) is 50.2 Å². The van der Waals surface area contributed by atoms with Gasteiger partial charge in [-0.25, -0.2) is 14.9 Å². The molecule has 0 spiro atoms. The van der Waals surface area contributed by atoms with Crippen LogP contribution in [0.2, 0.25) is 0 Å². The molecule has 5 heteroatoms. The Balaban J connectivity index is 1.60. The number of nitrogens with zero attached hydrogens (tertiary/aromatic N) is 3. The Labute approximate surface area is 159 Å². The van der Waals surface area contributed by atoms with Gasteiger partial charge in [0.1, 0.15) is 6.04 Å². The van der Waals surface area contributed by atoms with Crippen molar-refractivity contribution in [1.29, 1.82) is 0 Å². The fourth-order valence-corrected chi connectivity index (χ4v) is 5.06. The fourth-order valence-electron chi connectivity index (χ4n) is 5.06. The zero-order valence-corrected chi connectivity index (χ0v) is 15.6. The number of fused-ring (bicyclic) bond motifs is 3. The molecular formula is C22H23N3O2. The Morgan fingerprint density at radius 2 is 1.56 bits per heavy atom. The number of aryl methyl sites for hydroxylation is 2. The van der Waals surface area contributed by atoms with Crippen molar-refractivity contribution in [3.05, 3.63) is 65.2 Å². The van der Waals surface area contributed by atoms with Crippen LogP contribution in [0.1, 0.15) is 29.2 Å². The Morgan fingerprint density at radius 1 is 0.852 bits per heavy atom. The molecule has 0 unspecified atom stereocenters. The lowest BCUT2D eigenvalue weighted by molar-refractivity contribution is -0.126. The Kier molecular flexibility index (Phi) is 3.71. The summed E-state index contributed by atoms with van der Waals surface area (Å²) in [6.07, 6.45) is 1.03. The molecule has 3 heterocycles. The number of carbonyl (C=O) groups excluding carboxylic acids is 2. The average molecular weight is 361 g/mol. The van der Waals surface area contributed by atoms with Crippen LogP contribution in [0.4, 0.5) is 5.69 Å². The van der Waals surface area contributed by atoms with Crippen LogP contribution in [0.3, 0.4) is 0 Å². The number of carbonyl (C=O) groups is 2. The zero-order valence-electron chi connectivity index (χ0n) is 15.6. The highest BCUT2D eigenvalue weighted by atomic mass is 16.2. The van der Waals surface area contributed by atoms with Crippen molar-refractivity contribution in [1.82, 2.24) is 10.0 Å². The van der Waals surface area contributed by atoms with Gasteiger partial charge in [0.05, 0.1) is 17.6 Å². The molecule has 3 atom stereocenters. The Bertz CT molecular complexity index is 926. The van der Waals surface area contributed by atoms with E-state index in [2.05, 4.69) is 22.2 Å². The lowest BCUT2D eigenvalue weighted by atomic mass is 9.90. The molecule has 3 fully saturated rings. The third-order valence-electron chi connectivity index (χ3n) is 6.14. The summed E-state index contributed by atoms with van der Waals surface area (Å²) >= 11 is 0. The molecule has 0 radical (unpaired) electrons. The molecule has 3 aliphatic rings. The first-order valence-electron chi connectivity index (χ1n) is 9.61. The number of benzene rings is 2. The predicted octanol–water partition coefficient (Wildman–Crippen LogP) is 2.84. The second kappa shape index (κ2) is 6.01. The Hall–Kier alpha value is -2.50. The summed E-state index contributed by atoms with van der Waals surface area (Å²) in [5.74, 6) is -0.497. The maximum atomic E-state index is 13.5. The smallest absolute Gasteiger partial charge is 0.253 e. The van der Waals surface area contributed by atoms with Crippen LogP contribution in [-0.4, -0.2) is 41.0 Å². The predicted molar refractivity (Wildman–Crippen MR) is 103 cm³/mol. The fraction of sp³-hybridized carbons (Fsp3) is 0.364. The van der Waals surface area contributed by atoms with Crippen molar-refractivity contribution in [2.75, 3.05) is 18.0 Å². The van der Waals surface area contributed by atoms with E-state index in [0.717, 1.165) is 41.9 Å². The highest BCUT2D eigenvalue weighted by molar-refractivity contribution is 6.24. The highest BCUT2D eigenvalue weighted by Gasteiger charge is 2.62. The number of anilines is 1. The standard InChI is InChI=1S/C22H23N3O2/c1-14-9-10-17(15(2)13-14)25-21(26)18-19(16-7-4-3-5-8-16)23-11-6-12-24(23)20(18)22(25)27/h3-5,7-10,13,18-20H,6,11-12H2,1-2H3/t18-,19-,20+/m1/s1. The summed E-state index contributed by atoms with van der Waals surface area (Å²) in [7, 11) is 0. The van der Waals surface area contributed by atoms with E-state index in [-0.39, 0.29) is 29.8 Å². The minimum Gasteiger partial charge on any atom is -0.274 e. The molecule has 0 N–H and O–H groups in total. The van der Waals surface area contributed by atoms with Crippen molar-refractivity contribution in [2.45, 2.75) is 32.4 Å². The van der Waals surface area contributed by atoms with Gasteiger partial charge in [0, 0.05) is 13.1 Å². The summed E-state index contributed by atoms with van der Waals surface area (Å²) < 4.78 is 0. The molecule has 2 aromatic carbocycles. The minimum absolute atomic E-state index is 0.0640. The molecule has 5 rings (SSSR count). The van der Waals surface area contributed by atoms with E-state index in [4.69, 9.17) is 0 Å². The van der Waals surface area contributed by atoms with E-state index in [1.54, 1.807) is 0 Å². The van der Waals surface area contributed by atoms with Gasteiger partial charge in [-0.15, -0.1) is 0 Å². The van der Waals surface area contributed by atoms with Crippen LogP contribution in [0.5, 0.6) is 0 Å². The van der Waals surface area contributed by atoms with Crippen LogP contribution >= 0.6 is 0 Å². The molecule has 5 nitrogen and oxygen atoms in total. The van der Waals surface area contributed by atoms with Gasteiger partial charge in [0.2, 0.25) is 5.91 Å². The molecule has 138 valence electrons. The minimum atomic E-state index is -0.383. The number of imide groups is 1. The maximum absolute atomic E-state index is 13.5. The summed E-state index contributed by atoms with van der Waals surface area (Å²) in [5.41, 5.74) is 3.93.